The van der Waals surface area contributed by atoms with E-state index in [1.807, 2.05) is 48.5 Å². The summed E-state index contributed by atoms with van der Waals surface area (Å²) in [6.45, 7) is 4.54. The summed E-state index contributed by atoms with van der Waals surface area (Å²) in [6.07, 6.45) is 2.26. The molecule has 0 aliphatic carbocycles. The van der Waals surface area contributed by atoms with Crippen molar-refractivity contribution in [1.82, 2.24) is 10.0 Å². The lowest BCUT2D eigenvalue weighted by Gasteiger charge is -2.15. The molecule has 138 valence electrons. The number of hydroxylamine groups is 2. The Morgan fingerprint density at radius 2 is 1.78 bits per heavy atom. The van der Waals surface area contributed by atoms with Crippen molar-refractivity contribution in [2.24, 2.45) is 0 Å². The van der Waals surface area contributed by atoms with Crippen LogP contribution in [0, 0.1) is 0 Å². The second kappa shape index (κ2) is 8.60. The Morgan fingerprint density at radius 3 is 2.44 bits per heavy atom. The Balaban J connectivity index is 1.67. The molecule has 0 aliphatic rings. The Labute approximate surface area is 160 Å². The number of carbonyl (C=O) groups excluding carboxylic acids is 1. The van der Waals surface area contributed by atoms with Gasteiger partial charge in [-0.25, -0.2) is 5.06 Å². The van der Waals surface area contributed by atoms with E-state index in [4.69, 9.17) is 0 Å². The molecule has 4 nitrogen and oxygen atoms in total. The highest BCUT2D eigenvalue weighted by Gasteiger charge is 2.15. The van der Waals surface area contributed by atoms with Crippen molar-refractivity contribution in [3.05, 3.63) is 89.7 Å². The Hall–Kier alpha value is -2.98. The number of amides is 1. The summed E-state index contributed by atoms with van der Waals surface area (Å²) in [7, 11) is 0. The van der Waals surface area contributed by atoms with Gasteiger partial charge in [-0.05, 0) is 35.1 Å². The first-order chi connectivity index (χ1) is 13.0. The number of aromatic nitrogens is 1. The smallest absolute Gasteiger partial charge is 0.286 e. The van der Waals surface area contributed by atoms with Crippen LogP contribution in [0.3, 0.4) is 0 Å². The maximum atomic E-state index is 12.4. The SMILES string of the molecule is CC(C)c1cccc(-c2ccc(C(=O)N(O)CCc3ccccc3)nc2)c1. The van der Waals surface area contributed by atoms with E-state index in [1.54, 1.807) is 12.3 Å². The Morgan fingerprint density at radius 1 is 1.00 bits per heavy atom. The first kappa shape index (κ1) is 18.8. The highest BCUT2D eigenvalue weighted by molar-refractivity contribution is 5.91. The van der Waals surface area contributed by atoms with Gasteiger partial charge in [-0.3, -0.25) is 15.0 Å². The average molecular weight is 360 g/mol. The van der Waals surface area contributed by atoms with Crippen LogP contribution in [0.5, 0.6) is 0 Å². The van der Waals surface area contributed by atoms with E-state index in [-0.39, 0.29) is 12.2 Å². The van der Waals surface area contributed by atoms with Crippen LogP contribution in [0.25, 0.3) is 11.1 Å². The molecule has 27 heavy (non-hydrogen) atoms. The second-order valence-corrected chi connectivity index (χ2v) is 6.88. The monoisotopic (exact) mass is 360 g/mol. The molecule has 3 aromatic rings. The van der Waals surface area contributed by atoms with E-state index in [2.05, 4.69) is 31.0 Å². The molecule has 1 heterocycles. The van der Waals surface area contributed by atoms with Crippen molar-refractivity contribution in [3.63, 3.8) is 0 Å². The molecule has 2 aromatic carbocycles. The number of rotatable bonds is 6. The summed E-state index contributed by atoms with van der Waals surface area (Å²) >= 11 is 0. The van der Waals surface area contributed by atoms with Gasteiger partial charge in [0.2, 0.25) is 0 Å². The summed E-state index contributed by atoms with van der Waals surface area (Å²) in [6, 6.07) is 21.6. The van der Waals surface area contributed by atoms with Gasteiger partial charge in [-0.1, -0.05) is 74.5 Å². The molecule has 1 amide bonds. The van der Waals surface area contributed by atoms with Crippen molar-refractivity contribution < 1.29 is 10.0 Å². The molecular weight excluding hydrogens is 336 g/mol. The van der Waals surface area contributed by atoms with E-state index in [9.17, 15) is 10.0 Å². The maximum absolute atomic E-state index is 12.4. The number of hydrogen-bond acceptors (Lipinski definition) is 3. The first-order valence-electron chi connectivity index (χ1n) is 9.15. The maximum Gasteiger partial charge on any atom is 0.295 e. The number of pyridine rings is 1. The van der Waals surface area contributed by atoms with Gasteiger partial charge >= 0.3 is 0 Å². The Bertz CT molecular complexity index is 890. The van der Waals surface area contributed by atoms with E-state index < -0.39 is 5.91 Å². The predicted octanol–water partition coefficient (Wildman–Crippen LogP) is 4.95. The molecule has 1 aromatic heterocycles. The van der Waals surface area contributed by atoms with Gasteiger partial charge in [0.25, 0.3) is 5.91 Å². The lowest BCUT2D eigenvalue weighted by Crippen LogP contribution is -2.30. The largest absolute Gasteiger partial charge is 0.295 e. The van der Waals surface area contributed by atoms with Crippen LogP contribution in [0.2, 0.25) is 0 Å². The van der Waals surface area contributed by atoms with Crippen LogP contribution in [-0.4, -0.2) is 27.7 Å². The summed E-state index contributed by atoms with van der Waals surface area (Å²) in [5.41, 5.74) is 4.57. The minimum atomic E-state index is -0.492. The quantitative estimate of drug-likeness (QED) is 0.500. The van der Waals surface area contributed by atoms with Gasteiger partial charge in [-0.15, -0.1) is 0 Å². The number of benzene rings is 2. The molecule has 4 heteroatoms. The normalized spacial score (nSPS) is 10.8. The fourth-order valence-electron chi connectivity index (χ4n) is 2.88. The second-order valence-electron chi connectivity index (χ2n) is 6.88. The van der Waals surface area contributed by atoms with Crippen LogP contribution >= 0.6 is 0 Å². The van der Waals surface area contributed by atoms with Crippen LogP contribution < -0.4 is 0 Å². The van der Waals surface area contributed by atoms with Crippen molar-refractivity contribution >= 4 is 5.91 Å². The third kappa shape index (κ3) is 4.80. The number of carbonyl (C=O) groups is 1. The third-order valence-electron chi connectivity index (χ3n) is 4.56. The van der Waals surface area contributed by atoms with Gasteiger partial charge in [0.05, 0.1) is 6.54 Å². The molecule has 3 rings (SSSR count). The molecule has 0 fully saturated rings. The molecule has 0 atom stereocenters. The predicted molar refractivity (Wildman–Crippen MR) is 107 cm³/mol. The van der Waals surface area contributed by atoms with E-state index in [0.29, 0.717) is 12.3 Å². The standard InChI is InChI=1S/C23H24N2O2/c1-17(2)19-9-6-10-20(15-19)21-11-12-22(24-16-21)23(26)25(27)14-13-18-7-4-3-5-8-18/h3-12,15-17,27H,13-14H2,1-2H3. The lowest BCUT2D eigenvalue weighted by molar-refractivity contribution is -0.0575. The number of hydrogen-bond donors (Lipinski definition) is 1. The van der Waals surface area contributed by atoms with Crippen LogP contribution in [0.4, 0.5) is 0 Å². The van der Waals surface area contributed by atoms with Crippen molar-refractivity contribution in [3.8, 4) is 11.1 Å². The van der Waals surface area contributed by atoms with Crippen molar-refractivity contribution in [2.75, 3.05) is 6.54 Å². The zero-order chi connectivity index (χ0) is 19.2. The summed E-state index contributed by atoms with van der Waals surface area (Å²) < 4.78 is 0. The molecule has 0 spiro atoms. The van der Waals surface area contributed by atoms with Crippen LogP contribution in [0.1, 0.15) is 41.4 Å². The minimum absolute atomic E-state index is 0.225. The molecule has 0 saturated heterocycles. The molecular formula is C23H24N2O2. The number of nitrogens with zero attached hydrogens (tertiary/aromatic N) is 2. The van der Waals surface area contributed by atoms with Crippen molar-refractivity contribution in [1.29, 1.82) is 0 Å². The molecule has 0 bridgehead atoms. The zero-order valence-corrected chi connectivity index (χ0v) is 15.7. The third-order valence-corrected chi connectivity index (χ3v) is 4.56. The summed E-state index contributed by atoms with van der Waals surface area (Å²) in [5.74, 6) is -0.0419. The van der Waals surface area contributed by atoms with E-state index >= 15 is 0 Å². The van der Waals surface area contributed by atoms with Gasteiger partial charge in [0, 0.05) is 11.8 Å². The molecule has 0 radical (unpaired) electrons. The summed E-state index contributed by atoms with van der Waals surface area (Å²) in [5, 5.41) is 10.8. The van der Waals surface area contributed by atoms with Gasteiger partial charge in [-0.2, -0.15) is 0 Å². The lowest BCUT2D eigenvalue weighted by atomic mass is 9.98. The van der Waals surface area contributed by atoms with Gasteiger partial charge in [0.15, 0.2) is 0 Å². The van der Waals surface area contributed by atoms with Crippen LogP contribution in [0.15, 0.2) is 72.9 Å². The van der Waals surface area contributed by atoms with E-state index in [0.717, 1.165) is 21.8 Å². The highest BCUT2D eigenvalue weighted by Crippen LogP contribution is 2.23. The molecule has 0 unspecified atom stereocenters. The fraction of sp³-hybridized carbons (Fsp3) is 0.217. The molecule has 1 N–H and O–H groups in total. The highest BCUT2D eigenvalue weighted by atomic mass is 16.5. The fourth-order valence-corrected chi connectivity index (χ4v) is 2.88. The van der Waals surface area contributed by atoms with E-state index in [1.165, 1.54) is 5.56 Å². The van der Waals surface area contributed by atoms with Crippen molar-refractivity contribution in [2.45, 2.75) is 26.2 Å². The first-order valence-corrected chi connectivity index (χ1v) is 9.15. The topological polar surface area (TPSA) is 53.4 Å². The Kier molecular flexibility index (Phi) is 5.99. The van der Waals surface area contributed by atoms with Gasteiger partial charge in [0.1, 0.15) is 5.69 Å². The zero-order valence-electron chi connectivity index (χ0n) is 15.7. The van der Waals surface area contributed by atoms with Crippen LogP contribution in [-0.2, 0) is 6.42 Å². The minimum Gasteiger partial charge on any atom is -0.286 e. The average Bonchev–Trinajstić information content (AvgIpc) is 2.72. The molecule has 0 saturated carbocycles. The summed E-state index contributed by atoms with van der Waals surface area (Å²) in [4.78, 5) is 16.6. The molecule has 0 aliphatic heterocycles. The van der Waals surface area contributed by atoms with Gasteiger partial charge < -0.3 is 0 Å².